The summed E-state index contributed by atoms with van der Waals surface area (Å²) >= 11 is 0. The Morgan fingerprint density at radius 3 is 2.36 bits per heavy atom. The number of anilines is 1. The highest BCUT2D eigenvalue weighted by Gasteiger charge is 2.27. The van der Waals surface area contributed by atoms with Gasteiger partial charge in [0.05, 0.1) is 6.61 Å². The van der Waals surface area contributed by atoms with Gasteiger partial charge >= 0.3 is 6.09 Å². The van der Waals surface area contributed by atoms with Crippen LogP contribution < -0.4 is 5.32 Å². The van der Waals surface area contributed by atoms with Crippen molar-refractivity contribution in [1.29, 1.82) is 0 Å². The minimum atomic E-state index is -0.281. The van der Waals surface area contributed by atoms with E-state index in [1.165, 1.54) is 5.56 Å². The van der Waals surface area contributed by atoms with E-state index in [1.54, 1.807) is 11.8 Å². The number of nitrogens with zero attached hydrogens (tertiary/aromatic N) is 1. The second kappa shape index (κ2) is 7.82. The first-order valence-electron chi connectivity index (χ1n) is 7.95. The average Bonchev–Trinajstić information content (AvgIpc) is 2.56. The van der Waals surface area contributed by atoms with Crippen molar-refractivity contribution in [3.05, 3.63) is 29.8 Å². The van der Waals surface area contributed by atoms with Crippen molar-refractivity contribution in [1.82, 2.24) is 4.90 Å². The molecule has 5 nitrogen and oxygen atoms in total. The molecule has 1 saturated heterocycles. The van der Waals surface area contributed by atoms with Crippen LogP contribution in [-0.4, -0.2) is 36.6 Å². The maximum atomic E-state index is 12.3. The normalized spacial score (nSPS) is 15.5. The molecule has 0 saturated carbocycles. The first kappa shape index (κ1) is 16.3. The topological polar surface area (TPSA) is 58.6 Å². The fourth-order valence-corrected chi connectivity index (χ4v) is 2.61. The largest absolute Gasteiger partial charge is 0.450 e. The summed E-state index contributed by atoms with van der Waals surface area (Å²) in [5.41, 5.74) is 2.08. The van der Waals surface area contributed by atoms with Crippen molar-refractivity contribution < 1.29 is 14.3 Å². The summed E-state index contributed by atoms with van der Waals surface area (Å²) in [6, 6.07) is 7.92. The summed E-state index contributed by atoms with van der Waals surface area (Å²) in [6.07, 6.45) is 2.06. The van der Waals surface area contributed by atoms with E-state index in [1.807, 2.05) is 24.3 Å². The predicted octanol–water partition coefficient (Wildman–Crippen LogP) is 3.06. The van der Waals surface area contributed by atoms with E-state index in [9.17, 15) is 9.59 Å². The van der Waals surface area contributed by atoms with Gasteiger partial charge in [0.1, 0.15) is 0 Å². The Morgan fingerprint density at radius 2 is 1.82 bits per heavy atom. The first-order valence-corrected chi connectivity index (χ1v) is 7.95. The lowest BCUT2D eigenvalue weighted by molar-refractivity contribution is -0.121. The summed E-state index contributed by atoms with van der Waals surface area (Å²) in [4.78, 5) is 25.6. The highest BCUT2D eigenvalue weighted by Crippen LogP contribution is 2.20. The fourth-order valence-electron chi connectivity index (χ4n) is 2.61. The standard InChI is InChI=1S/C17H24N2O3/c1-3-13-5-7-15(8-6-13)18-16(20)14-9-11-19(12-10-14)17(21)22-4-2/h5-8,14H,3-4,9-12H2,1-2H3,(H,18,20). The molecule has 22 heavy (non-hydrogen) atoms. The van der Waals surface area contributed by atoms with E-state index in [0.29, 0.717) is 32.5 Å². The number of amides is 2. The van der Waals surface area contributed by atoms with Crippen LogP contribution in [0.25, 0.3) is 0 Å². The van der Waals surface area contributed by atoms with Crippen LogP contribution in [-0.2, 0) is 16.0 Å². The number of rotatable bonds is 4. The summed E-state index contributed by atoms with van der Waals surface area (Å²) < 4.78 is 4.98. The van der Waals surface area contributed by atoms with E-state index in [4.69, 9.17) is 4.74 Å². The lowest BCUT2D eigenvalue weighted by Crippen LogP contribution is -2.41. The molecule has 1 aromatic carbocycles. The van der Waals surface area contributed by atoms with E-state index >= 15 is 0 Å². The molecule has 0 atom stereocenters. The molecule has 0 aliphatic carbocycles. The average molecular weight is 304 g/mol. The zero-order valence-electron chi connectivity index (χ0n) is 13.3. The quantitative estimate of drug-likeness (QED) is 0.930. The van der Waals surface area contributed by atoms with E-state index < -0.39 is 0 Å². The molecule has 0 spiro atoms. The third-order valence-electron chi connectivity index (χ3n) is 4.02. The van der Waals surface area contributed by atoms with Gasteiger partial charge in [0.15, 0.2) is 0 Å². The molecule has 1 fully saturated rings. The molecule has 0 aromatic heterocycles. The van der Waals surface area contributed by atoms with Crippen molar-refractivity contribution in [3.8, 4) is 0 Å². The van der Waals surface area contributed by atoms with Crippen molar-refractivity contribution in [2.75, 3.05) is 25.0 Å². The second-order valence-electron chi connectivity index (χ2n) is 5.50. The Balaban J connectivity index is 1.83. The van der Waals surface area contributed by atoms with Gasteiger partial charge in [-0.05, 0) is 43.9 Å². The van der Waals surface area contributed by atoms with Gasteiger partial charge < -0.3 is 15.0 Å². The molecule has 1 N–H and O–H groups in total. The van der Waals surface area contributed by atoms with Crippen LogP contribution in [0.3, 0.4) is 0 Å². The number of hydrogen-bond acceptors (Lipinski definition) is 3. The molecule has 1 aromatic rings. The number of nitrogens with one attached hydrogen (secondary N) is 1. The highest BCUT2D eigenvalue weighted by molar-refractivity contribution is 5.92. The number of hydrogen-bond donors (Lipinski definition) is 1. The monoisotopic (exact) mass is 304 g/mol. The molecular formula is C17H24N2O3. The minimum absolute atomic E-state index is 0.0350. The molecule has 1 aliphatic heterocycles. The van der Waals surface area contributed by atoms with Gasteiger partial charge in [-0.2, -0.15) is 0 Å². The number of aryl methyl sites for hydroxylation is 1. The Labute approximate surface area is 131 Å². The summed E-state index contributed by atoms with van der Waals surface area (Å²) in [7, 11) is 0. The number of ether oxygens (including phenoxy) is 1. The SMILES string of the molecule is CCOC(=O)N1CCC(C(=O)Nc2ccc(CC)cc2)CC1. The smallest absolute Gasteiger partial charge is 0.409 e. The highest BCUT2D eigenvalue weighted by atomic mass is 16.6. The van der Waals surface area contributed by atoms with Crippen molar-refractivity contribution >= 4 is 17.7 Å². The van der Waals surface area contributed by atoms with Gasteiger partial charge in [-0.1, -0.05) is 19.1 Å². The summed E-state index contributed by atoms with van der Waals surface area (Å²) in [6.45, 7) is 5.43. The lowest BCUT2D eigenvalue weighted by atomic mass is 9.96. The van der Waals surface area contributed by atoms with Crippen LogP contribution in [0.1, 0.15) is 32.3 Å². The minimum Gasteiger partial charge on any atom is -0.450 e. The van der Waals surface area contributed by atoms with Gasteiger partial charge in [0, 0.05) is 24.7 Å². The maximum absolute atomic E-state index is 12.3. The van der Waals surface area contributed by atoms with Gasteiger partial charge in [-0.25, -0.2) is 4.79 Å². The molecule has 0 bridgehead atoms. The lowest BCUT2D eigenvalue weighted by Gasteiger charge is -2.30. The molecule has 5 heteroatoms. The Hall–Kier alpha value is -2.04. The zero-order chi connectivity index (χ0) is 15.9. The van der Waals surface area contributed by atoms with E-state index in [2.05, 4.69) is 12.2 Å². The molecule has 120 valence electrons. The fraction of sp³-hybridized carbons (Fsp3) is 0.529. The molecular weight excluding hydrogens is 280 g/mol. The predicted molar refractivity (Wildman–Crippen MR) is 85.8 cm³/mol. The molecule has 1 heterocycles. The van der Waals surface area contributed by atoms with Crippen molar-refractivity contribution in [2.24, 2.45) is 5.92 Å². The maximum Gasteiger partial charge on any atom is 0.409 e. The van der Waals surface area contributed by atoms with Crippen LogP contribution in [0.4, 0.5) is 10.5 Å². The Bertz CT molecular complexity index is 505. The zero-order valence-corrected chi connectivity index (χ0v) is 13.3. The van der Waals surface area contributed by atoms with E-state index in [-0.39, 0.29) is 17.9 Å². The molecule has 0 unspecified atom stereocenters. The number of benzene rings is 1. The van der Waals surface area contributed by atoms with E-state index in [0.717, 1.165) is 12.1 Å². The van der Waals surface area contributed by atoms with Crippen LogP contribution in [0, 0.1) is 5.92 Å². The third kappa shape index (κ3) is 4.23. The van der Waals surface area contributed by atoms with Crippen LogP contribution in [0.2, 0.25) is 0 Å². The Morgan fingerprint density at radius 1 is 1.18 bits per heavy atom. The molecule has 2 rings (SSSR count). The van der Waals surface area contributed by atoms with Gasteiger partial charge in [-0.15, -0.1) is 0 Å². The molecule has 1 aliphatic rings. The van der Waals surface area contributed by atoms with Gasteiger partial charge in [-0.3, -0.25) is 4.79 Å². The number of carbonyl (C=O) groups excluding carboxylic acids is 2. The van der Waals surface area contributed by atoms with Crippen LogP contribution >= 0.6 is 0 Å². The number of likely N-dealkylation sites (tertiary alicyclic amines) is 1. The van der Waals surface area contributed by atoms with Crippen molar-refractivity contribution in [3.63, 3.8) is 0 Å². The number of piperidine rings is 1. The molecule has 2 amide bonds. The van der Waals surface area contributed by atoms with Crippen LogP contribution in [0.5, 0.6) is 0 Å². The molecule has 0 radical (unpaired) electrons. The first-order chi connectivity index (χ1) is 10.6. The Kier molecular flexibility index (Phi) is 5.81. The number of carbonyl (C=O) groups is 2. The van der Waals surface area contributed by atoms with Gasteiger partial charge in [0.2, 0.25) is 5.91 Å². The third-order valence-corrected chi connectivity index (χ3v) is 4.02. The van der Waals surface area contributed by atoms with Crippen LogP contribution in [0.15, 0.2) is 24.3 Å². The second-order valence-corrected chi connectivity index (χ2v) is 5.50. The summed E-state index contributed by atoms with van der Waals surface area (Å²) in [5, 5.41) is 2.96. The van der Waals surface area contributed by atoms with Gasteiger partial charge in [0.25, 0.3) is 0 Å². The van der Waals surface area contributed by atoms with Crippen molar-refractivity contribution in [2.45, 2.75) is 33.1 Å². The summed E-state index contributed by atoms with van der Waals surface area (Å²) in [5.74, 6) is -0.00992.